The molecule has 0 spiro atoms. The number of carboxylic acid groups (broad SMARTS) is 1. The lowest BCUT2D eigenvalue weighted by Gasteiger charge is -1.89. The molecule has 60 valence electrons. The molecule has 0 aliphatic carbocycles. The van der Waals surface area contributed by atoms with E-state index in [1.54, 1.807) is 0 Å². The van der Waals surface area contributed by atoms with Gasteiger partial charge in [-0.1, -0.05) is 0 Å². The van der Waals surface area contributed by atoms with Gasteiger partial charge in [0.05, 0.1) is 0 Å². The Morgan fingerprint density at radius 3 is 1.44 bits per heavy atom. The summed E-state index contributed by atoms with van der Waals surface area (Å²) >= 11 is 0. The van der Waals surface area contributed by atoms with Crippen LogP contribution in [-0.4, -0.2) is 38.7 Å². The Hall–Kier alpha value is -0.690. The molecule has 0 aliphatic rings. The monoisotopic (exact) mass is 144 g/mol. The quantitative estimate of drug-likeness (QED) is 0.402. The van der Waals surface area contributed by atoms with E-state index in [0.717, 1.165) is 0 Å². The first-order valence-electron chi connectivity index (χ1n) is 1.55. The molecule has 0 aromatic rings. The van der Waals surface area contributed by atoms with Crippen molar-refractivity contribution in [3.63, 3.8) is 0 Å². The highest BCUT2D eigenvalue weighted by Gasteiger charge is 2.01. The first kappa shape index (κ1) is 23.9. The molecular formula is C3H12O6. The highest BCUT2D eigenvalue weighted by atomic mass is 16.4. The molecule has 0 aromatic heterocycles. The highest BCUT2D eigenvalue weighted by Crippen LogP contribution is 1.73. The predicted molar refractivity (Wildman–Crippen MR) is 30.2 cm³/mol. The number of aliphatic hydroxyl groups excluding tert-OH is 1. The van der Waals surface area contributed by atoms with Crippen molar-refractivity contribution in [2.45, 2.75) is 13.0 Å². The number of aliphatic hydroxyl groups is 1. The number of aliphatic carboxylic acids is 1. The Balaban J connectivity index is -0.0000000417. The van der Waals surface area contributed by atoms with Crippen molar-refractivity contribution in [3.8, 4) is 0 Å². The van der Waals surface area contributed by atoms with Gasteiger partial charge in [0, 0.05) is 0 Å². The molecule has 0 fully saturated rings. The molecule has 0 rings (SSSR count). The summed E-state index contributed by atoms with van der Waals surface area (Å²) in [5, 5.41) is 15.8. The molecule has 0 radical (unpaired) electrons. The fraction of sp³-hybridized carbons (Fsp3) is 0.667. The fourth-order valence-electron chi connectivity index (χ4n) is 0. The highest BCUT2D eigenvalue weighted by molar-refractivity contribution is 5.71. The maximum atomic E-state index is 9.45. The molecular weight excluding hydrogens is 132 g/mol. The topological polar surface area (TPSA) is 152 Å². The maximum Gasteiger partial charge on any atom is 0.332 e. The molecule has 1 unspecified atom stereocenters. The minimum Gasteiger partial charge on any atom is -0.479 e. The third kappa shape index (κ3) is 18.8. The third-order valence-corrected chi connectivity index (χ3v) is 0.357. The molecule has 0 bridgehead atoms. The van der Waals surface area contributed by atoms with E-state index in [2.05, 4.69) is 0 Å². The second-order valence-electron chi connectivity index (χ2n) is 1.01. The lowest BCUT2D eigenvalue weighted by Crippen LogP contribution is -2.13. The standard InChI is InChI=1S/C3H6O3.3H2O/c1-2(4)3(5)6;;;/h2,4H,1H3,(H,5,6);3*1H2. The Morgan fingerprint density at radius 2 is 1.44 bits per heavy atom. The summed E-state index contributed by atoms with van der Waals surface area (Å²) < 4.78 is 0. The molecule has 0 aromatic carbocycles. The van der Waals surface area contributed by atoms with Crippen molar-refractivity contribution in [2.75, 3.05) is 0 Å². The maximum absolute atomic E-state index is 9.45. The Kier molecular flexibility index (Phi) is 27.4. The molecule has 0 saturated carbocycles. The van der Waals surface area contributed by atoms with Crippen LogP contribution in [0, 0.1) is 0 Å². The Bertz CT molecular complexity index is 59.3. The molecule has 6 heteroatoms. The average molecular weight is 144 g/mol. The molecule has 1 atom stereocenters. The molecule has 0 heterocycles. The largest absolute Gasteiger partial charge is 0.479 e. The molecule has 0 aliphatic heterocycles. The Morgan fingerprint density at radius 1 is 1.33 bits per heavy atom. The SMILES string of the molecule is CC(O)C(=O)O.O.O.O. The van der Waals surface area contributed by atoms with Gasteiger partial charge in [-0.05, 0) is 6.92 Å². The lowest BCUT2D eigenvalue weighted by molar-refractivity contribution is -0.145. The van der Waals surface area contributed by atoms with Gasteiger partial charge < -0.3 is 26.6 Å². The zero-order valence-electron chi connectivity index (χ0n) is 4.88. The summed E-state index contributed by atoms with van der Waals surface area (Å²) in [4.78, 5) is 9.45. The Labute approximate surface area is 51.7 Å². The summed E-state index contributed by atoms with van der Waals surface area (Å²) in [7, 11) is 0. The normalized spacial score (nSPS) is 9.11. The van der Waals surface area contributed by atoms with Gasteiger partial charge in [0.2, 0.25) is 0 Å². The number of hydrogen-bond donors (Lipinski definition) is 2. The van der Waals surface area contributed by atoms with Gasteiger partial charge in [0.1, 0.15) is 6.10 Å². The zero-order valence-corrected chi connectivity index (χ0v) is 4.88. The van der Waals surface area contributed by atoms with E-state index < -0.39 is 12.1 Å². The van der Waals surface area contributed by atoms with Crippen LogP contribution >= 0.6 is 0 Å². The first-order chi connectivity index (χ1) is 2.64. The minimum absolute atomic E-state index is 0. The van der Waals surface area contributed by atoms with Crippen LogP contribution in [0.4, 0.5) is 0 Å². The van der Waals surface area contributed by atoms with Crippen molar-refractivity contribution in [1.82, 2.24) is 0 Å². The van der Waals surface area contributed by atoms with Crippen LogP contribution in [-0.2, 0) is 4.79 Å². The van der Waals surface area contributed by atoms with Crippen molar-refractivity contribution >= 4 is 5.97 Å². The molecule has 6 nitrogen and oxygen atoms in total. The van der Waals surface area contributed by atoms with Crippen LogP contribution in [0.25, 0.3) is 0 Å². The molecule has 0 saturated heterocycles. The molecule has 0 amide bonds. The predicted octanol–water partition coefficient (Wildman–Crippen LogP) is -3.02. The number of carbonyl (C=O) groups is 1. The van der Waals surface area contributed by atoms with Gasteiger partial charge in [0.15, 0.2) is 0 Å². The lowest BCUT2D eigenvalue weighted by atomic mass is 10.4. The molecule has 8 N–H and O–H groups in total. The number of hydrogen-bond acceptors (Lipinski definition) is 2. The van der Waals surface area contributed by atoms with E-state index in [1.807, 2.05) is 0 Å². The molecule has 9 heavy (non-hydrogen) atoms. The van der Waals surface area contributed by atoms with E-state index >= 15 is 0 Å². The smallest absolute Gasteiger partial charge is 0.332 e. The van der Waals surface area contributed by atoms with Crippen molar-refractivity contribution < 1.29 is 31.4 Å². The summed E-state index contributed by atoms with van der Waals surface area (Å²) in [6, 6.07) is 0. The summed E-state index contributed by atoms with van der Waals surface area (Å²) in [5.41, 5.74) is 0. The van der Waals surface area contributed by atoms with Crippen LogP contribution in [0.3, 0.4) is 0 Å². The second-order valence-corrected chi connectivity index (χ2v) is 1.01. The number of rotatable bonds is 1. The average Bonchev–Trinajstić information content (AvgIpc) is 1.36. The van der Waals surface area contributed by atoms with Crippen molar-refractivity contribution in [2.24, 2.45) is 0 Å². The summed E-state index contributed by atoms with van der Waals surface area (Å²) in [6.45, 7) is 1.20. The van der Waals surface area contributed by atoms with Gasteiger partial charge in [-0.2, -0.15) is 0 Å². The van der Waals surface area contributed by atoms with E-state index in [-0.39, 0.29) is 16.4 Å². The zero-order chi connectivity index (χ0) is 5.15. The summed E-state index contributed by atoms with van der Waals surface area (Å²) in [5.74, 6) is -1.19. The van der Waals surface area contributed by atoms with Crippen molar-refractivity contribution in [3.05, 3.63) is 0 Å². The van der Waals surface area contributed by atoms with E-state index in [4.69, 9.17) is 10.2 Å². The van der Waals surface area contributed by atoms with Gasteiger partial charge in [0.25, 0.3) is 0 Å². The third-order valence-electron chi connectivity index (χ3n) is 0.357. The van der Waals surface area contributed by atoms with Crippen LogP contribution in [0.1, 0.15) is 6.92 Å². The van der Waals surface area contributed by atoms with Crippen LogP contribution in [0.5, 0.6) is 0 Å². The minimum atomic E-state index is -1.23. The fourth-order valence-corrected chi connectivity index (χ4v) is 0. The van der Waals surface area contributed by atoms with Crippen LogP contribution < -0.4 is 0 Å². The van der Waals surface area contributed by atoms with Gasteiger partial charge in [-0.15, -0.1) is 0 Å². The first-order valence-corrected chi connectivity index (χ1v) is 1.55. The van der Waals surface area contributed by atoms with E-state index in [1.165, 1.54) is 6.92 Å². The summed E-state index contributed by atoms with van der Waals surface area (Å²) in [6.07, 6.45) is -1.23. The van der Waals surface area contributed by atoms with Gasteiger partial charge >= 0.3 is 5.97 Å². The van der Waals surface area contributed by atoms with Crippen LogP contribution in [0.15, 0.2) is 0 Å². The van der Waals surface area contributed by atoms with Gasteiger partial charge in [-0.3, -0.25) is 0 Å². The number of carboxylic acids is 1. The van der Waals surface area contributed by atoms with Gasteiger partial charge in [-0.25, -0.2) is 4.79 Å². The van der Waals surface area contributed by atoms with Crippen LogP contribution in [0.2, 0.25) is 0 Å². The van der Waals surface area contributed by atoms with Crippen molar-refractivity contribution in [1.29, 1.82) is 0 Å². The van der Waals surface area contributed by atoms with E-state index in [9.17, 15) is 4.79 Å². The van der Waals surface area contributed by atoms with E-state index in [0.29, 0.717) is 0 Å². The second kappa shape index (κ2) is 10.3.